The van der Waals surface area contributed by atoms with Crippen LogP contribution in [0.3, 0.4) is 0 Å². The van der Waals surface area contributed by atoms with Crippen molar-refractivity contribution in [2.45, 2.75) is 26.7 Å². The van der Waals surface area contributed by atoms with Crippen LogP contribution < -0.4 is 5.43 Å². The van der Waals surface area contributed by atoms with Gasteiger partial charge in [-0.25, -0.2) is 0 Å². The minimum atomic E-state index is 0.284. The Morgan fingerprint density at radius 1 is 0.852 bits per heavy atom. The highest BCUT2D eigenvalue weighted by Gasteiger charge is 2.20. The van der Waals surface area contributed by atoms with Gasteiger partial charge in [-0.05, 0) is 54.2 Å². The second-order valence-corrected chi connectivity index (χ2v) is 7.24. The van der Waals surface area contributed by atoms with E-state index in [4.69, 9.17) is 0 Å². The van der Waals surface area contributed by atoms with Gasteiger partial charge in [0, 0.05) is 5.92 Å². The zero-order chi connectivity index (χ0) is 18.8. The molecule has 1 aliphatic rings. The average Bonchev–Trinajstić information content (AvgIpc) is 3.08. The topological polar surface area (TPSA) is 24.4 Å². The first-order valence-corrected chi connectivity index (χ1v) is 9.36. The SMILES string of the molecule is Cc1cc(C)c(NN=Cc2ccccc2C2C=Cc3ccccc32)c(C)c1. The number of hydrogen-bond acceptors (Lipinski definition) is 2. The summed E-state index contributed by atoms with van der Waals surface area (Å²) in [6.07, 6.45) is 6.42. The molecule has 1 N–H and O–H groups in total. The van der Waals surface area contributed by atoms with Gasteiger partial charge in [0.05, 0.1) is 11.9 Å². The summed E-state index contributed by atoms with van der Waals surface area (Å²) < 4.78 is 0. The van der Waals surface area contributed by atoms with Crippen LogP contribution in [0, 0.1) is 20.8 Å². The lowest BCUT2D eigenvalue weighted by molar-refractivity contribution is 1.05. The van der Waals surface area contributed by atoms with Crippen LogP contribution >= 0.6 is 0 Å². The maximum Gasteiger partial charge on any atom is 0.0620 e. The van der Waals surface area contributed by atoms with E-state index in [1.54, 1.807) is 0 Å². The van der Waals surface area contributed by atoms with Crippen LogP contribution in [0.1, 0.15) is 44.9 Å². The molecule has 0 bridgehead atoms. The van der Waals surface area contributed by atoms with E-state index in [-0.39, 0.29) is 5.92 Å². The molecule has 0 radical (unpaired) electrons. The van der Waals surface area contributed by atoms with Gasteiger partial charge in [0.15, 0.2) is 0 Å². The molecular formula is C25H24N2. The van der Waals surface area contributed by atoms with Gasteiger partial charge in [0.1, 0.15) is 0 Å². The molecule has 27 heavy (non-hydrogen) atoms. The molecule has 2 heteroatoms. The monoisotopic (exact) mass is 352 g/mol. The normalized spacial score (nSPS) is 15.3. The molecule has 0 heterocycles. The predicted molar refractivity (Wildman–Crippen MR) is 116 cm³/mol. The first-order chi connectivity index (χ1) is 13.1. The Kier molecular flexibility index (Phi) is 4.64. The zero-order valence-corrected chi connectivity index (χ0v) is 16.0. The van der Waals surface area contributed by atoms with Crippen molar-refractivity contribution in [3.63, 3.8) is 0 Å². The van der Waals surface area contributed by atoms with E-state index in [1.165, 1.54) is 33.4 Å². The third-order valence-corrected chi connectivity index (χ3v) is 5.19. The Hall–Kier alpha value is -3.13. The zero-order valence-electron chi connectivity index (χ0n) is 16.0. The quantitative estimate of drug-likeness (QED) is 0.438. The van der Waals surface area contributed by atoms with Gasteiger partial charge in [0.2, 0.25) is 0 Å². The molecule has 0 aliphatic heterocycles. The number of allylic oxidation sites excluding steroid dienone is 1. The molecule has 0 saturated heterocycles. The van der Waals surface area contributed by atoms with E-state index in [2.05, 4.69) is 104 Å². The molecule has 4 rings (SSSR count). The van der Waals surface area contributed by atoms with Crippen LogP contribution in [0.25, 0.3) is 6.08 Å². The summed E-state index contributed by atoms with van der Waals surface area (Å²) in [4.78, 5) is 0. The van der Waals surface area contributed by atoms with Crippen LogP contribution in [0.2, 0.25) is 0 Å². The highest BCUT2D eigenvalue weighted by molar-refractivity contribution is 5.84. The lowest BCUT2D eigenvalue weighted by Crippen LogP contribution is -2.02. The first kappa shape index (κ1) is 17.3. The summed E-state index contributed by atoms with van der Waals surface area (Å²) >= 11 is 0. The second-order valence-electron chi connectivity index (χ2n) is 7.24. The fraction of sp³-hybridized carbons (Fsp3) is 0.160. The molecule has 0 spiro atoms. The number of hydrogen-bond donors (Lipinski definition) is 1. The fourth-order valence-corrected chi connectivity index (χ4v) is 3.96. The molecule has 134 valence electrons. The highest BCUT2D eigenvalue weighted by Crippen LogP contribution is 2.36. The molecule has 0 saturated carbocycles. The van der Waals surface area contributed by atoms with E-state index in [9.17, 15) is 0 Å². The van der Waals surface area contributed by atoms with Crippen molar-refractivity contribution in [2.24, 2.45) is 5.10 Å². The number of anilines is 1. The maximum absolute atomic E-state index is 4.55. The van der Waals surface area contributed by atoms with E-state index in [1.807, 2.05) is 6.21 Å². The van der Waals surface area contributed by atoms with Crippen LogP contribution in [-0.4, -0.2) is 6.21 Å². The van der Waals surface area contributed by atoms with Gasteiger partial charge in [-0.3, -0.25) is 5.43 Å². The summed E-state index contributed by atoms with van der Waals surface area (Å²) in [5.41, 5.74) is 13.1. The van der Waals surface area contributed by atoms with Gasteiger partial charge in [-0.1, -0.05) is 78.4 Å². The van der Waals surface area contributed by atoms with E-state index in [0.717, 1.165) is 11.3 Å². The summed E-state index contributed by atoms with van der Waals surface area (Å²) in [7, 11) is 0. The molecule has 1 unspecified atom stereocenters. The number of fused-ring (bicyclic) bond motifs is 1. The van der Waals surface area contributed by atoms with Crippen LogP contribution in [-0.2, 0) is 0 Å². The average molecular weight is 352 g/mol. The van der Waals surface area contributed by atoms with Gasteiger partial charge in [0.25, 0.3) is 0 Å². The van der Waals surface area contributed by atoms with Crippen LogP contribution in [0.15, 0.2) is 71.8 Å². The molecule has 3 aromatic carbocycles. The molecule has 0 fully saturated rings. The number of hydrazone groups is 1. The summed E-state index contributed by atoms with van der Waals surface area (Å²) in [5.74, 6) is 0.284. The number of nitrogens with one attached hydrogen (secondary N) is 1. The van der Waals surface area contributed by atoms with Crippen molar-refractivity contribution in [1.82, 2.24) is 0 Å². The highest BCUT2D eigenvalue weighted by atomic mass is 15.3. The minimum absolute atomic E-state index is 0.284. The number of aryl methyl sites for hydroxylation is 3. The van der Waals surface area contributed by atoms with Gasteiger partial charge in [-0.15, -0.1) is 0 Å². The maximum atomic E-state index is 4.55. The third kappa shape index (κ3) is 3.43. The van der Waals surface area contributed by atoms with Crippen LogP contribution in [0.4, 0.5) is 5.69 Å². The molecule has 0 amide bonds. The van der Waals surface area contributed by atoms with Crippen molar-refractivity contribution in [3.8, 4) is 0 Å². The molecule has 1 aliphatic carbocycles. The number of benzene rings is 3. The van der Waals surface area contributed by atoms with Crippen molar-refractivity contribution in [2.75, 3.05) is 5.43 Å². The fourth-order valence-electron chi connectivity index (χ4n) is 3.96. The smallest absolute Gasteiger partial charge is 0.0620 e. The van der Waals surface area contributed by atoms with E-state index in [0.29, 0.717) is 0 Å². The molecule has 0 aromatic heterocycles. The summed E-state index contributed by atoms with van der Waals surface area (Å²) in [6.45, 7) is 6.36. The van der Waals surface area contributed by atoms with E-state index < -0.39 is 0 Å². The second kappa shape index (κ2) is 7.24. The Morgan fingerprint density at radius 2 is 1.52 bits per heavy atom. The third-order valence-electron chi connectivity index (χ3n) is 5.19. The standard InChI is InChI=1S/C25H24N2/c1-17-14-18(2)25(19(3)15-17)27-26-16-21-9-5-7-11-23(21)24-13-12-20-8-4-6-10-22(20)24/h4-16,24,27H,1-3H3. The largest absolute Gasteiger partial charge is 0.278 e. The number of nitrogens with zero attached hydrogens (tertiary/aromatic N) is 1. The predicted octanol–water partition coefficient (Wildman–Crippen LogP) is 6.22. The van der Waals surface area contributed by atoms with E-state index >= 15 is 0 Å². The molecule has 1 atom stereocenters. The van der Waals surface area contributed by atoms with Crippen molar-refractivity contribution >= 4 is 18.0 Å². The van der Waals surface area contributed by atoms with Gasteiger partial charge in [-0.2, -0.15) is 5.10 Å². The van der Waals surface area contributed by atoms with Gasteiger partial charge < -0.3 is 0 Å². The Labute approximate surface area is 161 Å². The van der Waals surface area contributed by atoms with Crippen LogP contribution in [0.5, 0.6) is 0 Å². The molecule has 2 nitrogen and oxygen atoms in total. The molecular weight excluding hydrogens is 328 g/mol. The minimum Gasteiger partial charge on any atom is -0.278 e. The van der Waals surface area contributed by atoms with Crippen molar-refractivity contribution in [1.29, 1.82) is 0 Å². The summed E-state index contributed by atoms with van der Waals surface area (Å²) in [6, 6.07) is 21.4. The first-order valence-electron chi connectivity index (χ1n) is 9.36. The number of rotatable bonds is 4. The molecule has 3 aromatic rings. The summed E-state index contributed by atoms with van der Waals surface area (Å²) in [5, 5.41) is 4.55. The van der Waals surface area contributed by atoms with Crippen molar-refractivity contribution < 1.29 is 0 Å². The lowest BCUT2D eigenvalue weighted by atomic mass is 9.90. The lowest BCUT2D eigenvalue weighted by Gasteiger charge is -2.14. The Balaban J connectivity index is 1.62. The van der Waals surface area contributed by atoms with Crippen molar-refractivity contribution in [3.05, 3.63) is 106 Å². The Morgan fingerprint density at radius 3 is 2.30 bits per heavy atom. The van der Waals surface area contributed by atoms with Gasteiger partial charge >= 0.3 is 0 Å². The Bertz CT molecular complexity index is 1020.